The predicted octanol–water partition coefficient (Wildman–Crippen LogP) is 7.31. The lowest BCUT2D eigenvalue weighted by atomic mass is 10.0. The Balaban J connectivity index is 0.00000261. The summed E-state index contributed by atoms with van der Waals surface area (Å²) in [6.07, 6.45) is 13.2. The van der Waals surface area contributed by atoms with Gasteiger partial charge in [-0.05, 0) is 24.5 Å². The molecular formula is C24H33ClN2. The number of hydrogen-bond acceptors (Lipinski definition) is 1. The summed E-state index contributed by atoms with van der Waals surface area (Å²) in [6, 6.07) is 19.1. The molecule has 1 fully saturated rings. The van der Waals surface area contributed by atoms with E-state index < -0.39 is 0 Å². The maximum atomic E-state index is 5.05. The van der Waals surface area contributed by atoms with E-state index in [1.165, 1.54) is 68.9 Å². The monoisotopic (exact) mass is 384 g/mol. The van der Waals surface area contributed by atoms with Crippen LogP contribution in [0.25, 0.3) is 11.1 Å². The smallest absolute Gasteiger partial charge is 0.102 e. The fourth-order valence-electron chi connectivity index (χ4n) is 3.65. The molecule has 2 aromatic carbocycles. The fraction of sp³-hybridized carbons (Fsp3) is 0.458. The van der Waals surface area contributed by atoms with E-state index in [2.05, 4.69) is 59.9 Å². The second-order valence-electron chi connectivity index (χ2n) is 7.30. The van der Waals surface area contributed by atoms with Crippen LogP contribution in [0.2, 0.25) is 0 Å². The van der Waals surface area contributed by atoms with Crippen molar-refractivity contribution in [3.63, 3.8) is 0 Å². The Morgan fingerprint density at radius 1 is 0.630 bits per heavy atom. The van der Waals surface area contributed by atoms with Crippen molar-refractivity contribution in [1.29, 1.82) is 0 Å². The van der Waals surface area contributed by atoms with E-state index in [4.69, 9.17) is 4.99 Å². The maximum Gasteiger partial charge on any atom is 0.102 e. The molecular weight excluding hydrogens is 352 g/mol. The van der Waals surface area contributed by atoms with Gasteiger partial charge < -0.3 is 5.32 Å². The van der Waals surface area contributed by atoms with Crippen LogP contribution in [0.4, 0.5) is 5.69 Å². The first-order valence-electron chi connectivity index (χ1n) is 10.4. The zero-order valence-electron chi connectivity index (χ0n) is 16.3. The van der Waals surface area contributed by atoms with Gasteiger partial charge in [0.2, 0.25) is 0 Å². The van der Waals surface area contributed by atoms with E-state index in [1.807, 2.05) is 0 Å². The molecule has 2 aromatic rings. The van der Waals surface area contributed by atoms with E-state index in [9.17, 15) is 0 Å². The molecule has 27 heavy (non-hydrogen) atoms. The summed E-state index contributed by atoms with van der Waals surface area (Å²) in [5.74, 6) is 1.16. The summed E-state index contributed by atoms with van der Waals surface area (Å²) in [6.45, 7) is 1.05. The van der Waals surface area contributed by atoms with Gasteiger partial charge in [-0.3, -0.25) is 0 Å². The molecule has 1 N–H and O–H groups in total. The maximum absolute atomic E-state index is 5.05. The number of amidine groups is 1. The van der Waals surface area contributed by atoms with Crippen LogP contribution in [-0.4, -0.2) is 12.4 Å². The Labute approximate surface area is 170 Å². The highest BCUT2D eigenvalue weighted by molar-refractivity contribution is 5.88. The average molecular weight is 385 g/mol. The molecule has 1 heterocycles. The number of nitrogens with one attached hydrogen (secondary N) is 1. The van der Waals surface area contributed by atoms with Gasteiger partial charge in [-0.1, -0.05) is 93.5 Å². The molecule has 0 spiro atoms. The number of rotatable bonds is 2. The quantitative estimate of drug-likeness (QED) is 0.576. The second-order valence-corrected chi connectivity index (χ2v) is 7.30. The lowest BCUT2D eigenvalue weighted by Crippen LogP contribution is -2.24. The van der Waals surface area contributed by atoms with E-state index in [1.54, 1.807) is 0 Å². The molecule has 0 amide bonds. The molecule has 0 atom stereocenters. The Bertz CT molecular complexity index is 666. The highest BCUT2D eigenvalue weighted by Gasteiger charge is 2.06. The number of aliphatic imine (C=N–C) groups is 1. The minimum Gasteiger partial charge on any atom is -0.374 e. The third kappa shape index (κ3) is 7.38. The third-order valence-electron chi connectivity index (χ3n) is 5.16. The number of hydrogen-bond donors (Lipinski definition) is 1. The Kier molecular flexibility index (Phi) is 10.0. The van der Waals surface area contributed by atoms with Crippen LogP contribution in [0.1, 0.15) is 64.2 Å². The Morgan fingerprint density at radius 3 is 1.96 bits per heavy atom. The molecule has 0 bridgehead atoms. The van der Waals surface area contributed by atoms with Gasteiger partial charge in [0.1, 0.15) is 5.84 Å². The summed E-state index contributed by atoms with van der Waals surface area (Å²) < 4.78 is 0. The van der Waals surface area contributed by atoms with E-state index in [0.717, 1.165) is 24.5 Å². The van der Waals surface area contributed by atoms with Crippen molar-refractivity contribution in [2.45, 2.75) is 64.2 Å². The molecule has 2 nitrogen and oxygen atoms in total. The molecule has 0 aromatic heterocycles. The number of benzene rings is 2. The average Bonchev–Trinajstić information content (AvgIpc) is 2.71. The van der Waals surface area contributed by atoms with Gasteiger partial charge in [0, 0.05) is 18.5 Å². The first-order chi connectivity index (χ1) is 12.9. The zero-order chi connectivity index (χ0) is 17.9. The topological polar surface area (TPSA) is 24.4 Å². The molecule has 0 unspecified atom stereocenters. The van der Waals surface area contributed by atoms with Crippen LogP contribution in [0.3, 0.4) is 0 Å². The largest absolute Gasteiger partial charge is 0.374 e. The van der Waals surface area contributed by atoms with Crippen LogP contribution in [0, 0.1) is 0 Å². The second kappa shape index (κ2) is 12.6. The van der Waals surface area contributed by atoms with Crippen molar-refractivity contribution in [1.82, 2.24) is 5.32 Å². The summed E-state index contributed by atoms with van der Waals surface area (Å²) in [4.78, 5) is 5.05. The predicted molar refractivity (Wildman–Crippen MR) is 120 cm³/mol. The fourth-order valence-corrected chi connectivity index (χ4v) is 3.65. The lowest BCUT2D eigenvalue weighted by molar-refractivity contribution is 0.566. The van der Waals surface area contributed by atoms with Gasteiger partial charge in [0.15, 0.2) is 0 Å². The van der Waals surface area contributed by atoms with E-state index >= 15 is 0 Å². The molecule has 0 aliphatic carbocycles. The molecule has 1 aliphatic heterocycles. The first kappa shape index (κ1) is 21.5. The van der Waals surface area contributed by atoms with Crippen molar-refractivity contribution >= 4 is 23.9 Å². The summed E-state index contributed by atoms with van der Waals surface area (Å²) in [5.41, 5.74) is 3.52. The van der Waals surface area contributed by atoms with E-state index in [-0.39, 0.29) is 12.4 Å². The Morgan fingerprint density at radius 2 is 1.22 bits per heavy atom. The summed E-state index contributed by atoms with van der Waals surface area (Å²) >= 11 is 0. The van der Waals surface area contributed by atoms with Crippen LogP contribution in [-0.2, 0) is 0 Å². The van der Waals surface area contributed by atoms with Gasteiger partial charge in [0.25, 0.3) is 0 Å². The number of halogens is 1. The molecule has 1 aliphatic rings. The highest BCUT2D eigenvalue weighted by Crippen LogP contribution is 2.30. The van der Waals surface area contributed by atoms with Crippen molar-refractivity contribution in [2.24, 2.45) is 4.99 Å². The molecule has 0 saturated carbocycles. The zero-order valence-corrected chi connectivity index (χ0v) is 17.1. The van der Waals surface area contributed by atoms with Crippen LogP contribution < -0.4 is 5.32 Å². The highest BCUT2D eigenvalue weighted by atomic mass is 35.5. The minimum atomic E-state index is 0. The van der Waals surface area contributed by atoms with Crippen LogP contribution in [0.5, 0.6) is 0 Å². The van der Waals surface area contributed by atoms with Gasteiger partial charge in [-0.25, -0.2) is 4.99 Å². The van der Waals surface area contributed by atoms with Gasteiger partial charge in [-0.15, -0.1) is 12.4 Å². The third-order valence-corrected chi connectivity index (χ3v) is 5.16. The first-order valence-corrected chi connectivity index (χ1v) is 10.4. The van der Waals surface area contributed by atoms with Gasteiger partial charge >= 0.3 is 0 Å². The number of para-hydroxylation sites is 1. The Hall–Kier alpha value is -1.80. The van der Waals surface area contributed by atoms with Crippen molar-refractivity contribution < 1.29 is 0 Å². The number of nitrogens with zero attached hydrogens (tertiary/aromatic N) is 1. The van der Waals surface area contributed by atoms with Crippen molar-refractivity contribution in [3.05, 3.63) is 54.6 Å². The van der Waals surface area contributed by atoms with Crippen LogP contribution >= 0.6 is 12.4 Å². The molecule has 3 rings (SSSR count). The summed E-state index contributed by atoms with van der Waals surface area (Å²) in [5, 5.41) is 3.64. The molecule has 0 radical (unpaired) electrons. The standard InChI is InChI=1S/C24H32N2.ClH/c1-2-4-6-11-19-24(25-20-14-7-5-3-1)26-23-18-13-12-17-22(23)21-15-9-8-10-16-21;/h8-10,12-13,15-18H,1-7,11,14,19-20H2,(H,25,26);1H. The summed E-state index contributed by atoms with van der Waals surface area (Å²) in [7, 11) is 0. The normalized spacial score (nSPS) is 18.3. The SMILES string of the molecule is Cl.c1ccc(-c2ccccc2/N=C2/CCCCCCCCCCCN2)cc1. The van der Waals surface area contributed by atoms with Gasteiger partial charge in [-0.2, -0.15) is 0 Å². The van der Waals surface area contributed by atoms with Crippen molar-refractivity contribution in [2.75, 3.05) is 6.54 Å². The van der Waals surface area contributed by atoms with Crippen LogP contribution in [0.15, 0.2) is 59.6 Å². The molecule has 3 heteroatoms. The van der Waals surface area contributed by atoms with E-state index in [0.29, 0.717) is 0 Å². The lowest BCUT2D eigenvalue weighted by Gasteiger charge is -2.12. The van der Waals surface area contributed by atoms with Gasteiger partial charge in [0.05, 0.1) is 5.69 Å². The minimum absolute atomic E-state index is 0. The molecule has 1 saturated heterocycles. The molecule has 146 valence electrons. The van der Waals surface area contributed by atoms with Crippen molar-refractivity contribution in [3.8, 4) is 11.1 Å².